The number of amides is 1. The van der Waals surface area contributed by atoms with Gasteiger partial charge in [0.1, 0.15) is 19.0 Å². The molecule has 0 bridgehead atoms. The Morgan fingerprint density at radius 2 is 2.04 bits per heavy atom. The fraction of sp³-hybridized carbons (Fsp3) is 0.588. The van der Waals surface area contributed by atoms with E-state index >= 15 is 0 Å². The molecule has 0 saturated heterocycles. The number of rotatable bonds is 4. The van der Waals surface area contributed by atoms with Gasteiger partial charge in [0.25, 0.3) is 0 Å². The van der Waals surface area contributed by atoms with Gasteiger partial charge in [-0.25, -0.2) is 0 Å². The molecule has 1 aliphatic heterocycles. The van der Waals surface area contributed by atoms with E-state index in [-0.39, 0.29) is 17.9 Å². The lowest BCUT2D eigenvalue weighted by Gasteiger charge is -2.25. The molecule has 1 heterocycles. The Morgan fingerprint density at radius 3 is 2.74 bits per heavy atom. The molecule has 3 rings (SSSR count). The van der Waals surface area contributed by atoms with Crippen LogP contribution in [0.15, 0.2) is 12.1 Å². The summed E-state index contributed by atoms with van der Waals surface area (Å²) in [6, 6.07) is 3.64. The standard InChI is InChI=1S/C17H23NO5/c1-21-14-9-16-15(22-5-6-23-16)8-12(14)10-18-17(20)11-3-2-4-13(19)7-11/h8-9,11,13,19H,2-7,10H2,1H3,(H,18,20)/t11-,13-/m0/s1. The van der Waals surface area contributed by atoms with E-state index < -0.39 is 0 Å². The predicted molar refractivity (Wildman–Crippen MR) is 83.8 cm³/mol. The monoisotopic (exact) mass is 321 g/mol. The Kier molecular flexibility index (Phi) is 4.91. The average molecular weight is 321 g/mol. The van der Waals surface area contributed by atoms with Gasteiger partial charge in [-0.15, -0.1) is 0 Å². The molecular formula is C17H23NO5. The summed E-state index contributed by atoms with van der Waals surface area (Å²) in [7, 11) is 1.59. The smallest absolute Gasteiger partial charge is 0.223 e. The van der Waals surface area contributed by atoms with Crippen molar-refractivity contribution in [3.63, 3.8) is 0 Å². The van der Waals surface area contributed by atoms with Crippen LogP contribution in [0.2, 0.25) is 0 Å². The number of methoxy groups -OCH3 is 1. The maximum atomic E-state index is 12.3. The van der Waals surface area contributed by atoms with Gasteiger partial charge >= 0.3 is 0 Å². The Morgan fingerprint density at radius 1 is 1.30 bits per heavy atom. The number of fused-ring (bicyclic) bond motifs is 1. The van der Waals surface area contributed by atoms with Crippen LogP contribution >= 0.6 is 0 Å². The number of carbonyl (C=O) groups excluding carboxylic acids is 1. The fourth-order valence-electron chi connectivity index (χ4n) is 3.17. The predicted octanol–water partition coefficient (Wildman–Crippen LogP) is 1.63. The quantitative estimate of drug-likeness (QED) is 0.881. The summed E-state index contributed by atoms with van der Waals surface area (Å²) in [5.74, 6) is 1.88. The van der Waals surface area contributed by atoms with Crippen molar-refractivity contribution in [1.82, 2.24) is 5.32 Å². The lowest BCUT2D eigenvalue weighted by molar-refractivity contribution is -0.127. The van der Waals surface area contributed by atoms with E-state index in [9.17, 15) is 9.90 Å². The Labute approximate surface area is 135 Å². The van der Waals surface area contributed by atoms with Crippen molar-refractivity contribution in [2.24, 2.45) is 5.92 Å². The summed E-state index contributed by atoms with van der Waals surface area (Å²) in [5, 5.41) is 12.6. The third kappa shape index (κ3) is 3.69. The van der Waals surface area contributed by atoms with Gasteiger partial charge in [0.05, 0.1) is 13.2 Å². The minimum atomic E-state index is -0.358. The van der Waals surface area contributed by atoms with Gasteiger partial charge in [0.15, 0.2) is 11.5 Å². The largest absolute Gasteiger partial charge is 0.496 e. The van der Waals surface area contributed by atoms with E-state index in [2.05, 4.69) is 5.32 Å². The molecule has 1 aromatic carbocycles. The van der Waals surface area contributed by atoms with Crippen LogP contribution in [0.1, 0.15) is 31.2 Å². The lowest BCUT2D eigenvalue weighted by Crippen LogP contribution is -2.34. The average Bonchev–Trinajstić information content (AvgIpc) is 2.58. The summed E-state index contributed by atoms with van der Waals surface area (Å²) >= 11 is 0. The Balaban J connectivity index is 1.66. The zero-order chi connectivity index (χ0) is 16.2. The first kappa shape index (κ1) is 15.9. The SMILES string of the molecule is COc1cc2c(cc1CNC(=O)[C@H]1CCC[C@H](O)C1)OCCO2. The van der Waals surface area contributed by atoms with E-state index in [4.69, 9.17) is 14.2 Å². The van der Waals surface area contributed by atoms with Crippen LogP contribution in [0.4, 0.5) is 0 Å². The molecule has 1 fully saturated rings. The van der Waals surface area contributed by atoms with Crippen LogP contribution in [0.25, 0.3) is 0 Å². The number of ether oxygens (including phenoxy) is 3. The maximum absolute atomic E-state index is 12.3. The lowest BCUT2D eigenvalue weighted by atomic mass is 9.86. The highest BCUT2D eigenvalue weighted by atomic mass is 16.6. The van der Waals surface area contributed by atoms with Crippen molar-refractivity contribution >= 4 is 5.91 Å². The molecule has 126 valence electrons. The van der Waals surface area contributed by atoms with Crippen LogP contribution < -0.4 is 19.5 Å². The second kappa shape index (κ2) is 7.08. The van der Waals surface area contributed by atoms with Crippen LogP contribution in [-0.4, -0.2) is 37.4 Å². The van der Waals surface area contributed by atoms with Crippen molar-refractivity contribution in [3.05, 3.63) is 17.7 Å². The molecule has 0 spiro atoms. The zero-order valence-corrected chi connectivity index (χ0v) is 13.3. The van der Waals surface area contributed by atoms with Crippen molar-refractivity contribution in [3.8, 4) is 17.2 Å². The second-order valence-electron chi connectivity index (χ2n) is 6.04. The molecule has 1 aromatic rings. The van der Waals surface area contributed by atoms with Gasteiger partial charge in [0, 0.05) is 24.1 Å². The topological polar surface area (TPSA) is 77.0 Å². The number of carbonyl (C=O) groups is 1. The number of aliphatic hydroxyl groups is 1. The summed E-state index contributed by atoms with van der Waals surface area (Å²) in [6.07, 6.45) is 2.71. The summed E-state index contributed by atoms with van der Waals surface area (Å²) in [6.45, 7) is 1.41. The first-order valence-corrected chi connectivity index (χ1v) is 8.09. The maximum Gasteiger partial charge on any atom is 0.223 e. The van der Waals surface area contributed by atoms with Crippen LogP contribution in [0.3, 0.4) is 0 Å². The molecule has 23 heavy (non-hydrogen) atoms. The summed E-state index contributed by atoms with van der Waals surface area (Å²) in [4.78, 5) is 12.3. The molecule has 0 unspecified atom stereocenters. The highest BCUT2D eigenvalue weighted by molar-refractivity contribution is 5.78. The first-order chi connectivity index (χ1) is 11.2. The molecule has 2 aliphatic rings. The normalized spacial score (nSPS) is 23.2. The molecule has 6 nitrogen and oxygen atoms in total. The molecule has 0 radical (unpaired) electrons. The number of nitrogens with one attached hydrogen (secondary N) is 1. The summed E-state index contributed by atoms with van der Waals surface area (Å²) < 4.78 is 16.5. The number of aliphatic hydroxyl groups excluding tert-OH is 1. The molecular weight excluding hydrogens is 298 g/mol. The van der Waals surface area contributed by atoms with Crippen molar-refractivity contribution in [2.75, 3.05) is 20.3 Å². The minimum absolute atomic E-state index is 0.0132. The van der Waals surface area contributed by atoms with Gasteiger partial charge in [-0.05, 0) is 25.3 Å². The van der Waals surface area contributed by atoms with Gasteiger partial charge in [-0.1, -0.05) is 6.42 Å². The molecule has 1 amide bonds. The van der Waals surface area contributed by atoms with Gasteiger partial charge in [-0.2, -0.15) is 0 Å². The van der Waals surface area contributed by atoms with Gasteiger partial charge in [-0.3, -0.25) is 4.79 Å². The fourth-order valence-corrected chi connectivity index (χ4v) is 3.17. The van der Waals surface area contributed by atoms with Crippen molar-refractivity contribution in [2.45, 2.75) is 38.3 Å². The number of hydrogen-bond acceptors (Lipinski definition) is 5. The van der Waals surface area contributed by atoms with Crippen LogP contribution in [0.5, 0.6) is 17.2 Å². The zero-order valence-electron chi connectivity index (χ0n) is 13.3. The molecule has 2 atom stereocenters. The van der Waals surface area contributed by atoms with E-state index in [0.29, 0.717) is 43.4 Å². The minimum Gasteiger partial charge on any atom is -0.496 e. The second-order valence-corrected chi connectivity index (χ2v) is 6.04. The van der Waals surface area contributed by atoms with E-state index in [1.54, 1.807) is 13.2 Å². The third-order valence-electron chi connectivity index (χ3n) is 4.42. The van der Waals surface area contributed by atoms with E-state index in [0.717, 1.165) is 24.8 Å². The molecule has 6 heteroatoms. The Bertz CT molecular complexity index is 574. The number of benzene rings is 1. The van der Waals surface area contributed by atoms with E-state index in [1.165, 1.54) is 0 Å². The molecule has 1 saturated carbocycles. The first-order valence-electron chi connectivity index (χ1n) is 8.09. The van der Waals surface area contributed by atoms with Crippen LogP contribution in [-0.2, 0) is 11.3 Å². The third-order valence-corrected chi connectivity index (χ3v) is 4.42. The van der Waals surface area contributed by atoms with Crippen molar-refractivity contribution in [1.29, 1.82) is 0 Å². The number of hydrogen-bond donors (Lipinski definition) is 2. The molecule has 1 aliphatic carbocycles. The van der Waals surface area contributed by atoms with Gasteiger partial charge in [0.2, 0.25) is 5.91 Å². The van der Waals surface area contributed by atoms with Crippen molar-refractivity contribution < 1.29 is 24.1 Å². The summed E-state index contributed by atoms with van der Waals surface area (Å²) in [5.41, 5.74) is 0.849. The van der Waals surface area contributed by atoms with E-state index in [1.807, 2.05) is 6.07 Å². The van der Waals surface area contributed by atoms with Gasteiger partial charge < -0.3 is 24.6 Å². The highest BCUT2D eigenvalue weighted by Crippen LogP contribution is 2.36. The Hall–Kier alpha value is -1.95. The highest BCUT2D eigenvalue weighted by Gasteiger charge is 2.26. The molecule has 2 N–H and O–H groups in total. The van der Waals surface area contributed by atoms with Crippen LogP contribution in [0, 0.1) is 5.92 Å². The molecule has 0 aromatic heterocycles.